The van der Waals surface area contributed by atoms with Crippen molar-refractivity contribution >= 4 is 11.5 Å². The van der Waals surface area contributed by atoms with Crippen LogP contribution in [0.25, 0.3) is 11.4 Å². The van der Waals surface area contributed by atoms with Crippen molar-refractivity contribution in [3.8, 4) is 11.4 Å². The standard InChI is InChI=1S/C10H8F2N4/c11-5-1-2-7(12)6(3-5)10-15-4-8(13)9(14)16-10/h1-4H,13H2,(H2,14,15,16). The summed E-state index contributed by atoms with van der Waals surface area (Å²) in [4.78, 5) is 7.57. The molecule has 2 aromatic rings. The minimum Gasteiger partial charge on any atom is -0.394 e. The molecule has 0 saturated heterocycles. The van der Waals surface area contributed by atoms with Gasteiger partial charge in [0, 0.05) is 0 Å². The summed E-state index contributed by atoms with van der Waals surface area (Å²) in [5.74, 6) is -1.15. The van der Waals surface area contributed by atoms with Crippen molar-refractivity contribution < 1.29 is 8.78 Å². The summed E-state index contributed by atoms with van der Waals surface area (Å²) in [6, 6.07) is 3.01. The minimum atomic E-state index is -0.620. The Balaban J connectivity index is 2.58. The molecule has 0 spiro atoms. The molecule has 82 valence electrons. The molecular formula is C10H8F2N4. The third-order valence-corrected chi connectivity index (χ3v) is 2.02. The smallest absolute Gasteiger partial charge is 0.164 e. The van der Waals surface area contributed by atoms with Gasteiger partial charge in [-0.2, -0.15) is 0 Å². The topological polar surface area (TPSA) is 77.8 Å². The summed E-state index contributed by atoms with van der Waals surface area (Å²) in [6.45, 7) is 0. The number of rotatable bonds is 1. The van der Waals surface area contributed by atoms with Gasteiger partial charge in [-0.25, -0.2) is 18.7 Å². The van der Waals surface area contributed by atoms with Gasteiger partial charge in [0.1, 0.15) is 11.6 Å². The maximum Gasteiger partial charge on any atom is 0.164 e. The maximum absolute atomic E-state index is 13.4. The summed E-state index contributed by atoms with van der Waals surface area (Å²) < 4.78 is 26.3. The molecule has 0 fully saturated rings. The van der Waals surface area contributed by atoms with Crippen LogP contribution in [0.15, 0.2) is 24.4 Å². The van der Waals surface area contributed by atoms with Gasteiger partial charge in [0.2, 0.25) is 0 Å². The van der Waals surface area contributed by atoms with Gasteiger partial charge in [-0.3, -0.25) is 0 Å². The molecule has 0 aliphatic heterocycles. The van der Waals surface area contributed by atoms with Gasteiger partial charge in [-0.1, -0.05) is 0 Å². The predicted octanol–water partition coefficient (Wildman–Crippen LogP) is 1.59. The van der Waals surface area contributed by atoms with Gasteiger partial charge in [0.25, 0.3) is 0 Å². The highest BCUT2D eigenvalue weighted by atomic mass is 19.1. The molecule has 1 aromatic carbocycles. The van der Waals surface area contributed by atoms with E-state index in [-0.39, 0.29) is 22.9 Å². The number of hydrogen-bond donors (Lipinski definition) is 2. The van der Waals surface area contributed by atoms with E-state index in [2.05, 4.69) is 9.97 Å². The normalized spacial score (nSPS) is 10.4. The lowest BCUT2D eigenvalue weighted by molar-refractivity contribution is 0.602. The van der Waals surface area contributed by atoms with E-state index in [1.807, 2.05) is 0 Å². The molecule has 0 amide bonds. The van der Waals surface area contributed by atoms with Gasteiger partial charge in [0.05, 0.1) is 17.4 Å². The van der Waals surface area contributed by atoms with Crippen molar-refractivity contribution in [2.24, 2.45) is 0 Å². The molecule has 6 heteroatoms. The Morgan fingerprint density at radius 1 is 1.12 bits per heavy atom. The van der Waals surface area contributed by atoms with Crippen LogP contribution >= 0.6 is 0 Å². The van der Waals surface area contributed by atoms with Gasteiger partial charge in [0.15, 0.2) is 11.6 Å². The highest BCUT2D eigenvalue weighted by molar-refractivity contribution is 5.63. The number of nitrogen functional groups attached to an aromatic ring is 2. The van der Waals surface area contributed by atoms with E-state index in [1.54, 1.807) is 0 Å². The molecule has 0 radical (unpaired) electrons. The monoisotopic (exact) mass is 222 g/mol. The lowest BCUT2D eigenvalue weighted by Crippen LogP contribution is -2.02. The Kier molecular flexibility index (Phi) is 2.40. The first-order valence-electron chi connectivity index (χ1n) is 4.41. The second kappa shape index (κ2) is 3.73. The van der Waals surface area contributed by atoms with Crippen LogP contribution in [0.4, 0.5) is 20.3 Å². The molecule has 0 unspecified atom stereocenters. The molecule has 16 heavy (non-hydrogen) atoms. The number of anilines is 2. The second-order valence-corrected chi connectivity index (χ2v) is 3.16. The summed E-state index contributed by atoms with van der Waals surface area (Å²) in [5.41, 5.74) is 11.0. The molecule has 1 heterocycles. The summed E-state index contributed by atoms with van der Waals surface area (Å²) in [7, 11) is 0. The maximum atomic E-state index is 13.4. The average Bonchev–Trinajstić information content (AvgIpc) is 2.26. The summed E-state index contributed by atoms with van der Waals surface area (Å²) in [5, 5.41) is 0. The van der Waals surface area contributed by atoms with Crippen molar-refractivity contribution in [1.29, 1.82) is 0 Å². The van der Waals surface area contributed by atoms with E-state index in [9.17, 15) is 8.78 Å². The highest BCUT2D eigenvalue weighted by Gasteiger charge is 2.10. The largest absolute Gasteiger partial charge is 0.394 e. The van der Waals surface area contributed by atoms with Gasteiger partial charge >= 0.3 is 0 Å². The number of hydrogen-bond acceptors (Lipinski definition) is 4. The number of halogens is 2. The molecular weight excluding hydrogens is 214 g/mol. The Morgan fingerprint density at radius 2 is 1.88 bits per heavy atom. The van der Waals surface area contributed by atoms with Crippen molar-refractivity contribution in [2.45, 2.75) is 0 Å². The van der Waals surface area contributed by atoms with Crippen LogP contribution in [0.2, 0.25) is 0 Å². The number of nitrogens with zero attached hydrogens (tertiary/aromatic N) is 2. The molecule has 0 aliphatic rings. The molecule has 2 rings (SSSR count). The van der Waals surface area contributed by atoms with Crippen LogP contribution in [-0.2, 0) is 0 Å². The molecule has 4 N–H and O–H groups in total. The van der Waals surface area contributed by atoms with E-state index < -0.39 is 11.6 Å². The highest BCUT2D eigenvalue weighted by Crippen LogP contribution is 2.22. The van der Waals surface area contributed by atoms with Crippen LogP contribution in [0, 0.1) is 11.6 Å². The average molecular weight is 222 g/mol. The fraction of sp³-hybridized carbons (Fsp3) is 0. The van der Waals surface area contributed by atoms with Crippen molar-refractivity contribution in [1.82, 2.24) is 9.97 Å². The Bertz CT molecular complexity index is 542. The number of benzene rings is 1. The van der Waals surface area contributed by atoms with Gasteiger partial charge in [-0.15, -0.1) is 0 Å². The van der Waals surface area contributed by atoms with E-state index in [0.29, 0.717) is 0 Å². The second-order valence-electron chi connectivity index (χ2n) is 3.16. The first-order chi connectivity index (χ1) is 7.58. The Labute approximate surface area is 89.9 Å². The van der Waals surface area contributed by atoms with Crippen molar-refractivity contribution in [3.63, 3.8) is 0 Å². The predicted molar refractivity (Wildman–Crippen MR) is 56.2 cm³/mol. The fourth-order valence-electron chi connectivity index (χ4n) is 1.20. The first kappa shape index (κ1) is 10.3. The summed E-state index contributed by atoms with van der Waals surface area (Å²) in [6.07, 6.45) is 1.25. The third-order valence-electron chi connectivity index (χ3n) is 2.02. The fourth-order valence-corrected chi connectivity index (χ4v) is 1.20. The van der Waals surface area contributed by atoms with Crippen molar-refractivity contribution in [2.75, 3.05) is 11.5 Å². The Hall–Kier alpha value is -2.24. The van der Waals surface area contributed by atoms with Gasteiger partial charge < -0.3 is 11.5 Å². The Morgan fingerprint density at radius 3 is 2.56 bits per heavy atom. The molecule has 0 aliphatic carbocycles. The van der Waals surface area contributed by atoms with E-state index in [0.717, 1.165) is 18.2 Å². The summed E-state index contributed by atoms with van der Waals surface area (Å²) >= 11 is 0. The first-order valence-corrected chi connectivity index (χ1v) is 4.41. The zero-order chi connectivity index (χ0) is 11.7. The van der Waals surface area contributed by atoms with E-state index in [1.165, 1.54) is 6.20 Å². The molecule has 0 saturated carbocycles. The third kappa shape index (κ3) is 1.77. The van der Waals surface area contributed by atoms with Crippen LogP contribution in [-0.4, -0.2) is 9.97 Å². The lowest BCUT2D eigenvalue weighted by atomic mass is 10.2. The van der Waals surface area contributed by atoms with Crippen molar-refractivity contribution in [3.05, 3.63) is 36.0 Å². The number of aromatic nitrogens is 2. The molecule has 1 aromatic heterocycles. The van der Waals surface area contributed by atoms with Crippen LogP contribution in [0.3, 0.4) is 0 Å². The zero-order valence-corrected chi connectivity index (χ0v) is 8.11. The van der Waals surface area contributed by atoms with Gasteiger partial charge in [-0.05, 0) is 18.2 Å². The lowest BCUT2D eigenvalue weighted by Gasteiger charge is -2.04. The van der Waals surface area contributed by atoms with E-state index >= 15 is 0 Å². The molecule has 0 atom stereocenters. The number of nitrogens with two attached hydrogens (primary N) is 2. The molecule has 4 nitrogen and oxygen atoms in total. The minimum absolute atomic E-state index is 0.00343. The van der Waals surface area contributed by atoms with Crippen LogP contribution < -0.4 is 11.5 Å². The van der Waals surface area contributed by atoms with Crippen LogP contribution in [0.1, 0.15) is 0 Å². The quantitative estimate of drug-likeness (QED) is 0.767. The zero-order valence-electron chi connectivity index (χ0n) is 8.11. The molecule has 0 bridgehead atoms. The van der Waals surface area contributed by atoms with E-state index in [4.69, 9.17) is 11.5 Å². The SMILES string of the molecule is Nc1cnc(-c2cc(F)ccc2F)nc1N. The van der Waals surface area contributed by atoms with Crippen LogP contribution in [0.5, 0.6) is 0 Å².